The predicted octanol–water partition coefficient (Wildman–Crippen LogP) is 15.2. The van der Waals surface area contributed by atoms with Gasteiger partial charge in [-0.1, -0.05) is 165 Å². The van der Waals surface area contributed by atoms with Crippen LogP contribution in [0.2, 0.25) is 0 Å². The third-order valence-corrected chi connectivity index (χ3v) is 13.2. The normalized spacial score (nSPS) is 14.8. The van der Waals surface area contributed by atoms with Gasteiger partial charge in [-0.05, 0) is 146 Å². The molecule has 0 saturated heterocycles. The van der Waals surface area contributed by atoms with Gasteiger partial charge in [-0.2, -0.15) is 0 Å². The van der Waals surface area contributed by atoms with Crippen molar-refractivity contribution in [1.82, 2.24) is 0 Å². The van der Waals surface area contributed by atoms with Crippen LogP contribution in [-0.2, 0) is 5.41 Å². The Morgan fingerprint density at radius 2 is 0.685 bits per heavy atom. The standard InChI is InChI=1S/C54H38/c1-10-28-54(29-11-1)52-30-36(48-32-50-38-14-4-2-12-34(38)20-24-44(50)40-16-6-8-18-42(40)48)22-26-46(52)47-27-23-37(31-53(47)54)49-33-51-39-15-5-3-13-35(39)21-25-45(51)41-17-7-9-19-43(41)49/h2-9,12-27,30-33H,1,10-11,28-29H2. The molecule has 254 valence electrons. The van der Waals surface area contributed by atoms with Crippen LogP contribution in [-0.4, -0.2) is 0 Å². The largest absolute Gasteiger partial charge is 0.0616 e. The van der Waals surface area contributed by atoms with Crippen LogP contribution in [0.5, 0.6) is 0 Å². The van der Waals surface area contributed by atoms with E-state index in [0.29, 0.717) is 0 Å². The molecule has 0 unspecified atom stereocenters. The van der Waals surface area contributed by atoms with Gasteiger partial charge in [0.15, 0.2) is 0 Å². The van der Waals surface area contributed by atoms with E-state index in [2.05, 4.69) is 170 Å². The first-order chi connectivity index (χ1) is 26.7. The van der Waals surface area contributed by atoms with Gasteiger partial charge in [-0.3, -0.25) is 0 Å². The Bertz CT molecular complexity index is 2980. The van der Waals surface area contributed by atoms with Crippen molar-refractivity contribution in [2.24, 2.45) is 0 Å². The van der Waals surface area contributed by atoms with Crippen molar-refractivity contribution in [3.05, 3.63) is 181 Å². The number of hydrogen-bond acceptors (Lipinski definition) is 0. The molecular weight excluding hydrogens is 649 g/mol. The number of rotatable bonds is 2. The van der Waals surface area contributed by atoms with Gasteiger partial charge >= 0.3 is 0 Å². The summed E-state index contributed by atoms with van der Waals surface area (Å²) >= 11 is 0. The molecule has 0 amide bonds. The minimum atomic E-state index is 0.0215. The first-order valence-electron chi connectivity index (χ1n) is 19.7. The molecule has 0 aliphatic heterocycles. The second kappa shape index (κ2) is 11.4. The molecule has 0 aromatic heterocycles. The Morgan fingerprint density at radius 3 is 1.17 bits per heavy atom. The summed E-state index contributed by atoms with van der Waals surface area (Å²) in [7, 11) is 0. The molecule has 0 nitrogen and oxygen atoms in total. The molecule has 1 fully saturated rings. The molecule has 10 aromatic rings. The summed E-state index contributed by atoms with van der Waals surface area (Å²) in [5, 5.41) is 15.8. The van der Waals surface area contributed by atoms with E-state index in [4.69, 9.17) is 0 Å². The van der Waals surface area contributed by atoms with Crippen LogP contribution in [0.25, 0.3) is 98.0 Å². The minimum Gasteiger partial charge on any atom is -0.0616 e. The van der Waals surface area contributed by atoms with E-state index in [1.807, 2.05) is 0 Å². The van der Waals surface area contributed by atoms with Crippen molar-refractivity contribution in [3.8, 4) is 33.4 Å². The van der Waals surface area contributed by atoms with Crippen LogP contribution >= 0.6 is 0 Å². The van der Waals surface area contributed by atoms with Crippen LogP contribution in [0.15, 0.2) is 170 Å². The van der Waals surface area contributed by atoms with E-state index < -0.39 is 0 Å². The molecule has 2 aliphatic rings. The van der Waals surface area contributed by atoms with Gasteiger partial charge in [-0.25, -0.2) is 0 Å². The smallest absolute Gasteiger partial charge is 0.0215 e. The molecule has 0 atom stereocenters. The van der Waals surface area contributed by atoms with Crippen LogP contribution in [0.1, 0.15) is 43.2 Å². The van der Waals surface area contributed by atoms with E-state index in [9.17, 15) is 0 Å². The van der Waals surface area contributed by atoms with Crippen molar-refractivity contribution in [2.45, 2.75) is 37.5 Å². The van der Waals surface area contributed by atoms with Gasteiger partial charge < -0.3 is 0 Å². The van der Waals surface area contributed by atoms with E-state index in [0.717, 1.165) is 0 Å². The number of benzene rings is 10. The maximum absolute atomic E-state index is 2.59. The lowest BCUT2D eigenvalue weighted by molar-refractivity contribution is 0.353. The quantitative estimate of drug-likeness (QED) is 0.159. The lowest BCUT2D eigenvalue weighted by Crippen LogP contribution is -2.28. The molecular formula is C54H38. The zero-order chi connectivity index (χ0) is 35.4. The molecule has 1 saturated carbocycles. The van der Waals surface area contributed by atoms with E-state index >= 15 is 0 Å². The molecule has 0 heterocycles. The third-order valence-electron chi connectivity index (χ3n) is 13.2. The van der Waals surface area contributed by atoms with Gasteiger partial charge in [0.05, 0.1) is 0 Å². The van der Waals surface area contributed by atoms with Crippen molar-refractivity contribution in [2.75, 3.05) is 0 Å². The monoisotopic (exact) mass is 686 g/mol. The minimum absolute atomic E-state index is 0.0215. The third kappa shape index (κ3) is 4.20. The Kier molecular flexibility index (Phi) is 6.37. The van der Waals surface area contributed by atoms with Gasteiger partial charge in [0.1, 0.15) is 0 Å². The molecule has 54 heavy (non-hydrogen) atoms. The Hall–Kier alpha value is -6.24. The van der Waals surface area contributed by atoms with Gasteiger partial charge in [-0.15, -0.1) is 0 Å². The highest BCUT2D eigenvalue weighted by Crippen LogP contribution is 2.57. The molecule has 0 bridgehead atoms. The summed E-state index contributed by atoms with van der Waals surface area (Å²) in [6, 6.07) is 64.8. The lowest BCUT2D eigenvalue weighted by atomic mass is 9.67. The summed E-state index contributed by atoms with van der Waals surface area (Å²) in [6.07, 6.45) is 6.25. The molecule has 12 rings (SSSR count). The maximum atomic E-state index is 2.59. The topological polar surface area (TPSA) is 0 Å². The van der Waals surface area contributed by atoms with Crippen molar-refractivity contribution in [3.63, 3.8) is 0 Å². The van der Waals surface area contributed by atoms with Crippen LogP contribution in [0.3, 0.4) is 0 Å². The highest BCUT2D eigenvalue weighted by molar-refractivity contribution is 6.22. The van der Waals surface area contributed by atoms with Crippen molar-refractivity contribution < 1.29 is 0 Å². The van der Waals surface area contributed by atoms with Crippen LogP contribution < -0.4 is 0 Å². The van der Waals surface area contributed by atoms with Gasteiger partial charge in [0, 0.05) is 5.41 Å². The molecule has 10 aromatic carbocycles. The molecule has 0 heteroatoms. The fourth-order valence-corrected chi connectivity index (χ4v) is 10.7. The molecule has 0 N–H and O–H groups in total. The second-order valence-corrected chi connectivity index (χ2v) is 15.9. The van der Waals surface area contributed by atoms with Gasteiger partial charge in [0.2, 0.25) is 0 Å². The van der Waals surface area contributed by atoms with E-state index in [1.54, 1.807) is 0 Å². The lowest BCUT2D eigenvalue weighted by Gasteiger charge is -2.36. The summed E-state index contributed by atoms with van der Waals surface area (Å²) < 4.78 is 0. The fraction of sp³-hybridized carbons (Fsp3) is 0.111. The zero-order valence-corrected chi connectivity index (χ0v) is 30.2. The highest BCUT2D eigenvalue weighted by Gasteiger charge is 2.44. The maximum Gasteiger partial charge on any atom is 0.0215 e. The molecule has 2 aliphatic carbocycles. The van der Waals surface area contributed by atoms with Crippen LogP contribution in [0.4, 0.5) is 0 Å². The summed E-state index contributed by atoms with van der Waals surface area (Å²) in [5.74, 6) is 0. The summed E-state index contributed by atoms with van der Waals surface area (Å²) in [4.78, 5) is 0. The Balaban J connectivity index is 1.08. The zero-order valence-electron chi connectivity index (χ0n) is 30.2. The first-order valence-corrected chi connectivity index (χ1v) is 19.7. The van der Waals surface area contributed by atoms with Gasteiger partial charge in [0.25, 0.3) is 0 Å². The van der Waals surface area contributed by atoms with Crippen molar-refractivity contribution in [1.29, 1.82) is 0 Å². The molecule has 0 radical (unpaired) electrons. The molecule has 1 spiro atoms. The number of hydrogen-bond donors (Lipinski definition) is 0. The predicted molar refractivity (Wildman–Crippen MR) is 232 cm³/mol. The highest BCUT2D eigenvalue weighted by atomic mass is 14.5. The average Bonchev–Trinajstić information content (AvgIpc) is 3.50. The van der Waals surface area contributed by atoms with E-state index in [-0.39, 0.29) is 5.41 Å². The second-order valence-electron chi connectivity index (χ2n) is 15.9. The fourth-order valence-electron chi connectivity index (χ4n) is 10.7. The SMILES string of the molecule is c1ccc2c(c1)ccc1c3ccccc3c(-c3ccc4c(c3)C3(CCCCC3)c3cc(-c5cc6c7ccccc7ccc6c6ccccc56)ccc3-4)cc21. The first kappa shape index (κ1) is 30.2. The Morgan fingerprint density at radius 1 is 0.278 bits per heavy atom. The average molecular weight is 687 g/mol. The van der Waals surface area contributed by atoms with E-state index in [1.165, 1.54) is 141 Å². The Labute approximate surface area is 315 Å². The number of fused-ring (bicyclic) bond motifs is 15. The summed E-state index contributed by atoms with van der Waals surface area (Å²) in [5.41, 5.74) is 11.2. The van der Waals surface area contributed by atoms with Crippen molar-refractivity contribution >= 4 is 64.6 Å². The summed E-state index contributed by atoms with van der Waals surface area (Å²) in [6.45, 7) is 0. The van der Waals surface area contributed by atoms with Crippen LogP contribution in [0, 0.1) is 0 Å².